The standard InChI is InChI=1S/C21H28N6.2ClH/c1-15-16(2)22-21(26(5)6)23-20(15)18-9-7-8-17(14-18)19-10-11-27(24-19)13-12-25(3)4;;/h7-11,14H,12-13H2,1-6H3;2*1H. The molecule has 3 rings (SSSR count). The Balaban J connectivity index is 0.00000210. The van der Waals surface area contributed by atoms with Gasteiger partial charge in [0.2, 0.25) is 5.95 Å². The second-order valence-electron chi connectivity index (χ2n) is 7.33. The molecular formula is C21H30Cl2N6. The molecule has 0 spiro atoms. The van der Waals surface area contributed by atoms with Crippen LogP contribution in [0.15, 0.2) is 36.5 Å². The van der Waals surface area contributed by atoms with Crippen LogP contribution in [-0.4, -0.2) is 59.4 Å². The van der Waals surface area contributed by atoms with Crippen molar-refractivity contribution in [2.75, 3.05) is 39.6 Å². The first-order valence-electron chi connectivity index (χ1n) is 9.16. The van der Waals surface area contributed by atoms with Crippen LogP contribution < -0.4 is 4.90 Å². The summed E-state index contributed by atoms with van der Waals surface area (Å²) in [4.78, 5) is 13.4. The predicted octanol–water partition coefficient (Wildman–Crippen LogP) is 4.10. The van der Waals surface area contributed by atoms with Gasteiger partial charge in [0.1, 0.15) is 0 Å². The summed E-state index contributed by atoms with van der Waals surface area (Å²) in [7, 11) is 8.07. The Labute approximate surface area is 185 Å². The van der Waals surface area contributed by atoms with E-state index in [2.05, 4.69) is 61.2 Å². The molecule has 0 aliphatic carbocycles. The smallest absolute Gasteiger partial charge is 0.225 e. The fourth-order valence-corrected chi connectivity index (χ4v) is 2.86. The van der Waals surface area contributed by atoms with Gasteiger partial charge in [-0.1, -0.05) is 18.2 Å². The molecule has 0 fully saturated rings. The van der Waals surface area contributed by atoms with Gasteiger partial charge in [0.15, 0.2) is 0 Å². The summed E-state index contributed by atoms with van der Waals surface area (Å²) in [6.07, 6.45) is 2.04. The molecule has 1 aromatic carbocycles. The molecule has 158 valence electrons. The van der Waals surface area contributed by atoms with Crippen molar-refractivity contribution in [3.63, 3.8) is 0 Å². The van der Waals surface area contributed by atoms with Gasteiger partial charge in [-0.2, -0.15) is 5.10 Å². The minimum absolute atomic E-state index is 0. The number of likely N-dealkylation sites (N-methyl/N-ethyl adjacent to an activating group) is 1. The SMILES string of the molecule is Cc1nc(N(C)C)nc(-c2cccc(-c3ccn(CCN(C)C)n3)c2)c1C.Cl.Cl. The molecule has 0 unspecified atom stereocenters. The van der Waals surface area contributed by atoms with E-state index in [1.807, 2.05) is 36.8 Å². The zero-order valence-corrected chi connectivity index (χ0v) is 19.5. The van der Waals surface area contributed by atoms with Crippen molar-refractivity contribution in [3.05, 3.63) is 47.8 Å². The van der Waals surface area contributed by atoms with Crippen molar-refractivity contribution in [2.45, 2.75) is 20.4 Å². The van der Waals surface area contributed by atoms with Crippen molar-refractivity contribution in [3.8, 4) is 22.5 Å². The van der Waals surface area contributed by atoms with Gasteiger partial charge in [0.05, 0.1) is 17.9 Å². The summed E-state index contributed by atoms with van der Waals surface area (Å²) >= 11 is 0. The van der Waals surface area contributed by atoms with Crippen molar-refractivity contribution in [1.82, 2.24) is 24.6 Å². The minimum atomic E-state index is 0. The molecule has 29 heavy (non-hydrogen) atoms. The molecule has 3 aromatic rings. The minimum Gasteiger partial charge on any atom is -0.347 e. The normalized spacial score (nSPS) is 10.4. The van der Waals surface area contributed by atoms with E-state index in [9.17, 15) is 0 Å². The van der Waals surface area contributed by atoms with E-state index in [-0.39, 0.29) is 24.8 Å². The predicted molar refractivity (Wildman–Crippen MR) is 126 cm³/mol. The van der Waals surface area contributed by atoms with Gasteiger partial charge < -0.3 is 9.80 Å². The van der Waals surface area contributed by atoms with Crippen molar-refractivity contribution < 1.29 is 0 Å². The first kappa shape index (κ1) is 24.9. The number of halogens is 2. The molecule has 0 aliphatic heterocycles. The van der Waals surface area contributed by atoms with E-state index in [1.54, 1.807) is 0 Å². The van der Waals surface area contributed by atoms with Crippen LogP contribution in [0.1, 0.15) is 11.3 Å². The van der Waals surface area contributed by atoms with Crippen LogP contribution in [0.4, 0.5) is 5.95 Å². The number of aromatic nitrogens is 4. The molecule has 0 saturated heterocycles. The van der Waals surface area contributed by atoms with Gasteiger partial charge >= 0.3 is 0 Å². The van der Waals surface area contributed by atoms with E-state index < -0.39 is 0 Å². The molecule has 0 atom stereocenters. The second kappa shape index (κ2) is 10.6. The molecule has 2 aromatic heterocycles. The Bertz CT molecular complexity index is 937. The van der Waals surface area contributed by atoms with Gasteiger partial charge in [-0.05, 0) is 45.6 Å². The van der Waals surface area contributed by atoms with E-state index >= 15 is 0 Å². The highest BCUT2D eigenvalue weighted by Crippen LogP contribution is 2.28. The number of anilines is 1. The molecule has 0 aliphatic rings. The van der Waals surface area contributed by atoms with Crippen LogP contribution >= 0.6 is 24.8 Å². The zero-order chi connectivity index (χ0) is 19.6. The third-order valence-corrected chi connectivity index (χ3v) is 4.63. The first-order valence-corrected chi connectivity index (χ1v) is 9.16. The monoisotopic (exact) mass is 436 g/mol. The number of nitrogens with zero attached hydrogens (tertiary/aromatic N) is 6. The maximum Gasteiger partial charge on any atom is 0.225 e. The van der Waals surface area contributed by atoms with Crippen molar-refractivity contribution >= 4 is 30.8 Å². The Morgan fingerprint density at radius 1 is 0.931 bits per heavy atom. The molecule has 0 saturated carbocycles. The summed E-state index contributed by atoms with van der Waals surface area (Å²) in [6, 6.07) is 10.5. The van der Waals surface area contributed by atoms with E-state index in [4.69, 9.17) is 10.1 Å². The van der Waals surface area contributed by atoms with Crippen LogP contribution in [0.2, 0.25) is 0 Å². The van der Waals surface area contributed by atoms with Crippen LogP contribution in [0.3, 0.4) is 0 Å². The van der Waals surface area contributed by atoms with Gasteiger partial charge in [-0.25, -0.2) is 9.97 Å². The van der Waals surface area contributed by atoms with E-state index in [0.29, 0.717) is 0 Å². The summed E-state index contributed by atoms with van der Waals surface area (Å²) < 4.78 is 1.99. The Morgan fingerprint density at radius 3 is 2.28 bits per heavy atom. The first-order chi connectivity index (χ1) is 12.8. The summed E-state index contributed by atoms with van der Waals surface area (Å²) in [5.41, 5.74) is 6.24. The highest BCUT2D eigenvalue weighted by atomic mass is 35.5. The van der Waals surface area contributed by atoms with Gasteiger partial charge in [0, 0.05) is 43.7 Å². The van der Waals surface area contributed by atoms with Crippen molar-refractivity contribution in [2.24, 2.45) is 0 Å². The molecule has 8 heteroatoms. The molecule has 0 bridgehead atoms. The quantitative estimate of drug-likeness (QED) is 0.581. The topological polar surface area (TPSA) is 50.1 Å². The zero-order valence-electron chi connectivity index (χ0n) is 17.9. The maximum atomic E-state index is 4.78. The van der Waals surface area contributed by atoms with Crippen LogP contribution in [0.25, 0.3) is 22.5 Å². The Morgan fingerprint density at radius 2 is 1.62 bits per heavy atom. The third-order valence-electron chi connectivity index (χ3n) is 4.63. The van der Waals surface area contributed by atoms with Gasteiger partial charge in [-0.15, -0.1) is 24.8 Å². The average molecular weight is 437 g/mol. The van der Waals surface area contributed by atoms with Gasteiger partial charge in [0.25, 0.3) is 0 Å². The highest BCUT2D eigenvalue weighted by molar-refractivity contribution is 5.85. The number of benzene rings is 1. The lowest BCUT2D eigenvalue weighted by Crippen LogP contribution is -2.18. The number of rotatable bonds is 6. The molecule has 6 nitrogen and oxygen atoms in total. The summed E-state index contributed by atoms with van der Waals surface area (Å²) in [5, 5.41) is 4.72. The maximum absolute atomic E-state index is 4.78. The third kappa shape index (κ3) is 5.92. The lowest BCUT2D eigenvalue weighted by Gasteiger charge is -2.15. The molecule has 2 heterocycles. The Kier molecular flexibility index (Phi) is 9.08. The lowest BCUT2D eigenvalue weighted by atomic mass is 10.0. The van der Waals surface area contributed by atoms with Crippen molar-refractivity contribution in [1.29, 1.82) is 0 Å². The van der Waals surface area contributed by atoms with Crippen LogP contribution in [0, 0.1) is 13.8 Å². The fraction of sp³-hybridized carbons (Fsp3) is 0.381. The van der Waals surface area contributed by atoms with Gasteiger partial charge in [-0.3, -0.25) is 4.68 Å². The molecule has 0 N–H and O–H groups in total. The molecular weight excluding hydrogens is 407 g/mol. The summed E-state index contributed by atoms with van der Waals surface area (Å²) in [5.74, 6) is 0.728. The number of hydrogen-bond acceptors (Lipinski definition) is 5. The van der Waals surface area contributed by atoms with E-state index in [0.717, 1.165) is 52.8 Å². The fourth-order valence-electron chi connectivity index (χ4n) is 2.86. The average Bonchev–Trinajstić information content (AvgIpc) is 3.11. The van der Waals surface area contributed by atoms with Crippen LogP contribution in [-0.2, 0) is 6.54 Å². The molecule has 0 amide bonds. The largest absolute Gasteiger partial charge is 0.347 e. The van der Waals surface area contributed by atoms with E-state index in [1.165, 1.54) is 0 Å². The summed E-state index contributed by atoms with van der Waals surface area (Å²) in [6.45, 7) is 5.95. The molecule has 0 radical (unpaired) electrons. The second-order valence-corrected chi connectivity index (χ2v) is 7.33. The Hall–Kier alpha value is -2.15. The lowest BCUT2D eigenvalue weighted by molar-refractivity contribution is 0.373. The number of hydrogen-bond donors (Lipinski definition) is 0. The van der Waals surface area contributed by atoms with Crippen LogP contribution in [0.5, 0.6) is 0 Å². The number of aryl methyl sites for hydroxylation is 1. The highest BCUT2D eigenvalue weighted by Gasteiger charge is 2.13.